The lowest BCUT2D eigenvalue weighted by Gasteiger charge is -2.22. The highest BCUT2D eigenvalue weighted by Gasteiger charge is 2.42. The van der Waals surface area contributed by atoms with Crippen molar-refractivity contribution in [2.45, 2.75) is 5.41 Å². The van der Waals surface area contributed by atoms with Gasteiger partial charge in [-0.05, 0) is 11.1 Å². The van der Waals surface area contributed by atoms with Gasteiger partial charge in [-0.1, -0.05) is 60.7 Å². The van der Waals surface area contributed by atoms with Crippen LogP contribution in [0.2, 0.25) is 0 Å². The largest absolute Gasteiger partial charge is 0.480 e. The van der Waals surface area contributed by atoms with Crippen LogP contribution in [0.3, 0.4) is 0 Å². The van der Waals surface area contributed by atoms with Crippen LogP contribution in [0.4, 0.5) is 0 Å². The molecule has 2 aromatic carbocycles. The first-order chi connectivity index (χ1) is 8.71. The van der Waals surface area contributed by atoms with Gasteiger partial charge in [0.1, 0.15) is 0 Å². The van der Waals surface area contributed by atoms with Gasteiger partial charge in [0.15, 0.2) is 0 Å². The van der Waals surface area contributed by atoms with Crippen LogP contribution in [0.15, 0.2) is 60.7 Å². The molecule has 3 heteroatoms. The molecule has 0 saturated carbocycles. The first-order valence-corrected chi connectivity index (χ1v) is 5.47. The molecule has 0 aliphatic rings. The van der Waals surface area contributed by atoms with Crippen molar-refractivity contribution in [3.63, 3.8) is 0 Å². The van der Waals surface area contributed by atoms with E-state index >= 15 is 0 Å². The van der Waals surface area contributed by atoms with Gasteiger partial charge in [-0.2, -0.15) is 5.26 Å². The molecule has 1 N–H and O–H groups in total. The molecule has 18 heavy (non-hydrogen) atoms. The zero-order chi connectivity index (χ0) is 13.0. The van der Waals surface area contributed by atoms with Gasteiger partial charge in [0.25, 0.3) is 0 Å². The smallest absolute Gasteiger partial charge is 0.333 e. The highest BCUT2D eigenvalue weighted by atomic mass is 16.4. The summed E-state index contributed by atoms with van der Waals surface area (Å²) >= 11 is 0. The molecule has 0 atom stereocenters. The van der Waals surface area contributed by atoms with Gasteiger partial charge in [-0.15, -0.1) is 0 Å². The van der Waals surface area contributed by atoms with Crippen LogP contribution >= 0.6 is 0 Å². The van der Waals surface area contributed by atoms with E-state index in [4.69, 9.17) is 0 Å². The molecule has 0 saturated heterocycles. The third kappa shape index (κ3) is 1.74. The van der Waals surface area contributed by atoms with E-state index in [1.54, 1.807) is 60.7 Å². The highest BCUT2D eigenvalue weighted by Crippen LogP contribution is 2.31. The average molecular weight is 237 g/mol. The number of carboxylic acids is 1. The number of nitrogens with zero attached hydrogens (tertiary/aromatic N) is 1. The van der Waals surface area contributed by atoms with Gasteiger partial charge in [0.05, 0.1) is 6.07 Å². The number of rotatable bonds is 3. The van der Waals surface area contributed by atoms with Crippen molar-refractivity contribution in [3.8, 4) is 6.07 Å². The molecule has 0 amide bonds. The Kier molecular flexibility index (Phi) is 3.11. The summed E-state index contributed by atoms with van der Waals surface area (Å²) in [5.41, 5.74) is -0.722. The van der Waals surface area contributed by atoms with E-state index < -0.39 is 11.4 Å². The third-order valence-corrected chi connectivity index (χ3v) is 2.90. The van der Waals surface area contributed by atoms with Crippen LogP contribution in [-0.2, 0) is 10.2 Å². The lowest BCUT2D eigenvalue weighted by atomic mass is 9.76. The molecule has 0 aliphatic heterocycles. The van der Waals surface area contributed by atoms with Crippen molar-refractivity contribution in [1.82, 2.24) is 0 Å². The molecule has 0 spiro atoms. The molecule has 2 rings (SSSR count). The molecule has 0 heterocycles. The van der Waals surface area contributed by atoms with Gasteiger partial charge in [-0.25, -0.2) is 4.79 Å². The van der Waals surface area contributed by atoms with E-state index in [9.17, 15) is 15.2 Å². The summed E-state index contributed by atoms with van der Waals surface area (Å²) in [7, 11) is 0. The van der Waals surface area contributed by atoms with Crippen LogP contribution < -0.4 is 0 Å². The van der Waals surface area contributed by atoms with Gasteiger partial charge < -0.3 is 5.11 Å². The van der Waals surface area contributed by atoms with E-state index in [0.717, 1.165) is 0 Å². The minimum atomic E-state index is -1.65. The molecule has 0 fully saturated rings. The van der Waals surface area contributed by atoms with Gasteiger partial charge in [0.2, 0.25) is 5.41 Å². The molecule has 2 aromatic rings. The lowest BCUT2D eigenvalue weighted by Crippen LogP contribution is -2.35. The SMILES string of the molecule is N#CC(C(=O)O)(c1ccccc1)c1ccccc1. The normalized spacial score (nSPS) is 10.6. The fraction of sp³-hybridized carbons (Fsp3) is 0.0667. The fourth-order valence-electron chi connectivity index (χ4n) is 1.97. The summed E-state index contributed by atoms with van der Waals surface area (Å²) in [5, 5.41) is 18.9. The summed E-state index contributed by atoms with van der Waals surface area (Å²) in [5.74, 6) is -1.16. The monoisotopic (exact) mass is 237 g/mol. The van der Waals surface area contributed by atoms with Crippen LogP contribution in [0.5, 0.6) is 0 Å². The molecule has 0 unspecified atom stereocenters. The molecule has 0 aromatic heterocycles. The average Bonchev–Trinajstić information content (AvgIpc) is 2.42. The molecule has 0 radical (unpaired) electrons. The number of aliphatic carboxylic acids is 1. The number of hydrogen-bond acceptors (Lipinski definition) is 2. The Morgan fingerprint density at radius 2 is 1.33 bits per heavy atom. The number of hydrogen-bond donors (Lipinski definition) is 1. The topological polar surface area (TPSA) is 61.1 Å². The van der Waals surface area contributed by atoms with Crippen molar-refractivity contribution in [2.75, 3.05) is 0 Å². The summed E-state index contributed by atoms with van der Waals surface area (Å²) in [6.45, 7) is 0. The zero-order valence-electron chi connectivity index (χ0n) is 9.58. The summed E-state index contributed by atoms with van der Waals surface area (Å²) in [6.07, 6.45) is 0. The van der Waals surface area contributed by atoms with Crippen LogP contribution in [0, 0.1) is 11.3 Å². The van der Waals surface area contributed by atoms with E-state index in [0.29, 0.717) is 11.1 Å². The Balaban J connectivity index is 2.71. The molecule has 0 aliphatic carbocycles. The molecule has 0 bridgehead atoms. The van der Waals surface area contributed by atoms with Gasteiger partial charge in [-0.3, -0.25) is 0 Å². The Morgan fingerprint density at radius 1 is 0.944 bits per heavy atom. The Morgan fingerprint density at radius 3 is 1.61 bits per heavy atom. The molecular formula is C15H11NO2. The first-order valence-electron chi connectivity index (χ1n) is 5.47. The Labute approximate surface area is 105 Å². The lowest BCUT2D eigenvalue weighted by molar-refractivity contribution is -0.140. The van der Waals surface area contributed by atoms with Gasteiger partial charge >= 0.3 is 5.97 Å². The van der Waals surface area contributed by atoms with Crippen LogP contribution in [0.25, 0.3) is 0 Å². The summed E-state index contributed by atoms with van der Waals surface area (Å²) in [4.78, 5) is 11.6. The maximum absolute atomic E-state index is 11.6. The molecule has 3 nitrogen and oxygen atoms in total. The highest BCUT2D eigenvalue weighted by molar-refractivity contribution is 5.89. The quantitative estimate of drug-likeness (QED) is 0.892. The number of carbonyl (C=O) groups is 1. The van der Waals surface area contributed by atoms with Crippen molar-refractivity contribution in [1.29, 1.82) is 5.26 Å². The standard InChI is InChI=1S/C15H11NO2/c16-11-15(14(17)18,12-7-3-1-4-8-12)13-9-5-2-6-10-13/h1-10H,(H,17,18). The second-order valence-electron chi connectivity index (χ2n) is 3.90. The van der Waals surface area contributed by atoms with Crippen LogP contribution in [0.1, 0.15) is 11.1 Å². The summed E-state index contributed by atoms with van der Waals surface area (Å²) in [6, 6.07) is 19.1. The van der Waals surface area contributed by atoms with E-state index in [-0.39, 0.29) is 0 Å². The zero-order valence-corrected chi connectivity index (χ0v) is 9.58. The minimum Gasteiger partial charge on any atom is -0.480 e. The molecule has 88 valence electrons. The van der Waals surface area contributed by atoms with E-state index in [1.807, 2.05) is 6.07 Å². The number of benzene rings is 2. The predicted molar refractivity (Wildman–Crippen MR) is 66.9 cm³/mol. The third-order valence-electron chi connectivity index (χ3n) is 2.90. The van der Waals surface area contributed by atoms with Crippen molar-refractivity contribution in [3.05, 3.63) is 71.8 Å². The second-order valence-corrected chi connectivity index (χ2v) is 3.90. The van der Waals surface area contributed by atoms with E-state index in [2.05, 4.69) is 0 Å². The van der Waals surface area contributed by atoms with Crippen LogP contribution in [-0.4, -0.2) is 11.1 Å². The van der Waals surface area contributed by atoms with Crippen molar-refractivity contribution >= 4 is 5.97 Å². The van der Waals surface area contributed by atoms with Crippen molar-refractivity contribution < 1.29 is 9.90 Å². The Hall–Kier alpha value is -2.60. The van der Waals surface area contributed by atoms with E-state index in [1.165, 1.54) is 0 Å². The minimum absolute atomic E-state index is 0.464. The second kappa shape index (κ2) is 4.72. The van der Waals surface area contributed by atoms with Gasteiger partial charge in [0, 0.05) is 0 Å². The molecular weight excluding hydrogens is 226 g/mol. The number of nitriles is 1. The van der Waals surface area contributed by atoms with Crippen molar-refractivity contribution in [2.24, 2.45) is 0 Å². The Bertz CT molecular complexity index is 545. The number of carboxylic acid groups (broad SMARTS) is 1. The summed E-state index contributed by atoms with van der Waals surface area (Å²) < 4.78 is 0. The predicted octanol–water partition coefficient (Wildman–Crippen LogP) is 2.58. The first kappa shape index (κ1) is 11.9. The maximum Gasteiger partial charge on any atom is 0.333 e. The maximum atomic E-state index is 11.6. The fourth-order valence-corrected chi connectivity index (χ4v) is 1.97.